The van der Waals surface area contributed by atoms with Crippen LogP contribution in [0.4, 0.5) is 0 Å². The molecule has 0 amide bonds. The molecule has 3 nitrogen and oxygen atoms in total. The van der Waals surface area contributed by atoms with E-state index in [1.807, 2.05) is 24.0 Å². The van der Waals surface area contributed by atoms with Gasteiger partial charge in [0.05, 0.1) is 11.9 Å². The van der Waals surface area contributed by atoms with Gasteiger partial charge < -0.3 is 5.73 Å². The van der Waals surface area contributed by atoms with E-state index in [1.165, 1.54) is 16.7 Å². The predicted molar refractivity (Wildman–Crippen MR) is 63.6 cm³/mol. The standard InChI is InChI=1S/C13H15N3/c1-9-7-15-16(8-9)12-4-2-3-10-5-6-11(14)13(10)12/h2-4,7-8,11H,5-6,14H2,1H3. The molecule has 1 aliphatic carbocycles. The average Bonchev–Trinajstić information content (AvgIpc) is 2.86. The fourth-order valence-electron chi connectivity index (χ4n) is 2.45. The number of hydrogen-bond donors (Lipinski definition) is 1. The lowest BCUT2D eigenvalue weighted by atomic mass is 10.1. The molecule has 82 valence electrons. The van der Waals surface area contributed by atoms with Crippen molar-refractivity contribution in [1.82, 2.24) is 9.78 Å². The summed E-state index contributed by atoms with van der Waals surface area (Å²) in [5.74, 6) is 0. The van der Waals surface area contributed by atoms with E-state index in [9.17, 15) is 0 Å². The van der Waals surface area contributed by atoms with Gasteiger partial charge in [-0.3, -0.25) is 0 Å². The number of benzene rings is 1. The molecule has 3 heteroatoms. The van der Waals surface area contributed by atoms with E-state index < -0.39 is 0 Å². The number of nitrogens with two attached hydrogens (primary N) is 1. The lowest BCUT2D eigenvalue weighted by Crippen LogP contribution is -2.10. The number of nitrogens with zero attached hydrogens (tertiary/aromatic N) is 2. The molecule has 1 heterocycles. The molecule has 0 bridgehead atoms. The van der Waals surface area contributed by atoms with Crippen LogP contribution in [0.2, 0.25) is 0 Å². The van der Waals surface area contributed by atoms with Crippen molar-refractivity contribution in [3.8, 4) is 5.69 Å². The largest absolute Gasteiger partial charge is 0.324 e. The Kier molecular flexibility index (Phi) is 2.07. The van der Waals surface area contributed by atoms with Crippen molar-refractivity contribution in [2.45, 2.75) is 25.8 Å². The molecule has 0 saturated carbocycles. The van der Waals surface area contributed by atoms with E-state index >= 15 is 0 Å². The van der Waals surface area contributed by atoms with Crippen molar-refractivity contribution < 1.29 is 0 Å². The molecule has 1 aliphatic rings. The number of rotatable bonds is 1. The topological polar surface area (TPSA) is 43.8 Å². The molecular formula is C13H15N3. The summed E-state index contributed by atoms with van der Waals surface area (Å²) in [6, 6.07) is 6.51. The summed E-state index contributed by atoms with van der Waals surface area (Å²) in [4.78, 5) is 0. The molecule has 0 aliphatic heterocycles. The lowest BCUT2D eigenvalue weighted by Gasteiger charge is -2.11. The first-order valence-corrected chi connectivity index (χ1v) is 5.65. The van der Waals surface area contributed by atoms with Gasteiger partial charge >= 0.3 is 0 Å². The van der Waals surface area contributed by atoms with Crippen LogP contribution in [0.5, 0.6) is 0 Å². The Balaban J connectivity index is 2.18. The second-order valence-corrected chi connectivity index (χ2v) is 4.46. The van der Waals surface area contributed by atoms with E-state index in [-0.39, 0.29) is 6.04 Å². The van der Waals surface area contributed by atoms with Crippen molar-refractivity contribution in [3.05, 3.63) is 47.3 Å². The molecule has 1 aromatic carbocycles. The van der Waals surface area contributed by atoms with Gasteiger partial charge in [0.1, 0.15) is 0 Å². The van der Waals surface area contributed by atoms with Gasteiger partial charge in [-0.05, 0) is 42.5 Å². The van der Waals surface area contributed by atoms with Gasteiger partial charge in [0.25, 0.3) is 0 Å². The number of hydrogen-bond acceptors (Lipinski definition) is 2. The molecule has 0 fully saturated rings. The molecule has 16 heavy (non-hydrogen) atoms. The summed E-state index contributed by atoms with van der Waals surface area (Å²) in [5.41, 5.74) is 11.1. The molecule has 0 saturated heterocycles. The summed E-state index contributed by atoms with van der Waals surface area (Å²) in [6.45, 7) is 2.05. The van der Waals surface area contributed by atoms with E-state index in [4.69, 9.17) is 5.73 Å². The van der Waals surface area contributed by atoms with Gasteiger partial charge in [0, 0.05) is 12.2 Å². The van der Waals surface area contributed by atoms with Crippen LogP contribution in [0.3, 0.4) is 0 Å². The first-order valence-electron chi connectivity index (χ1n) is 5.65. The van der Waals surface area contributed by atoms with Gasteiger partial charge in [0.15, 0.2) is 0 Å². The zero-order chi connectivity index (χ0) is 11.1. The highest BCUT2D eigenvalue weighted by Gasteiger charge is 2.22. The molecular weight excluding hydrogens is 198 g/mol. The SMILES string of the molecule is Cc1cnn(-c2cccc3c2C(N)CC3)c1. The van der Waals surface area contributed by atoms with E-state index in [1.54, 1.807) is 0 Å². The molecule has 1 atom stereocenters. The van der Waals surface area contributed by atoms with Crippen LogP contribution in [-0.2, 0) is 6.42 Å². The van der Waals surface area contributed by atoms with Crippen molar-refractivity contribution in [2.75, 3.05) is 0 Å². The van der Waals surface area contributed by atoms with E-state index in [2.05, 4.69) is 23.3 Å². The van der Waals surface area contributed by atoms with Crippen molar-refractivity contribution in [1.29, 1.82) is 0 Å². The maximum absolute atomic E-state index is 6.15. The van der Waals surface area contributed by atoms with E-state index in [0.29, 0.717) is 0 Å². The zero-order valence-corrected chi connectivity index (χ0v) is 9.35. The van der Waals surface area contributed by atoms with Crippen LogP contribution in [0, 0.1) is 6.92 Å². The van der Waals surface area contributed by atoms with Gasteiger partial charge in [-0.2, -0.15) is 5.10 Å². The Morgan fingerprint density at radius 2 is 2.31 bits per heavy atom. The monoisotopic (exact) mass is 213 g/mol. The summed E-state index contributed by atoms with van der Waals surface area (Å²) in [5, 5.41) is 4.36. The molecule has 1 aromatic heterocycles. The van der Waals surface area contributed by atoms with Crippen molar-refractivity contribution >= 4 is 0 Å². The quantitative estimate of drug-likeness (QED) is 0.788. The van der Waals surface area contributed by atoms with Crippen LogP contribution in [0.1, 0.15) is 29.2 Å². The molecule has 1 unspecified atom stereocenters. The Labute approximate surface area is 94.9 Å². The van der Waals surface area contributed by atoms with Gasteiger partial charge in [-0.15, -0.1) is 0 Å². The van der Waals surface area contributed by atoms with Gasteiger partial charge in [0.2, 0.25) is 0 Å². The van der Waals surface area contributed by atoms with Crippen molar-refractivity contribution in [3.63, 3.8) is 0 Å². The maximum Gasteiger partial charge on any atom is 0.0696 e. The Hall–Kier alpha value is -1.61. The second kappa shape index (κ2) is 3.46. The molecule has 0 radical (unpaired) electrons. The fraction of sp³-hybridized carbons (Fsp3) is 0.308. The highest BCUT2D eigenvalue weighted by Crippen LogP contribution is 2.33. The Bertz CT molecular complexity index is 528. The minimum Gasteiger partial charge on any atom is -0.324 e. The highest BCUT2D eigenvalue weighted by molar-refractivity contribution is 5.50. The maximum atomic E-state index is 6.15. The van der Waals surface area contributed by atoms with Crippen LogP contribution in [0.15, 0.2) is 30.6 Å². The van der Waals surface area contributed by atoms with Gasteiger partial charge in [-0.25, -0.2) is 4.68 Å². The third-order valence-corrected chi connectivity index (χ3v) is 3.23. The third-order valence-electron chi connectivity index (χ3n) is 3.23. The Morgan fingerprint density at radius 3 is 3.06 bits per heavy atom. The average molecular weight is 213 g/mol. The number of fused-ring (bicyclic) bond motifs is 1. The Morgan fingerprint density at radius 1 is 1.44 bits per heavy atom. The van der Waals surface area contributed by atoms with Gasteiger partial charge in [-0.1, -0.05) is 12.1 Å². The fourth-order valence-corrected chi connectivity index (χ4v) is 2.45. The summed E-state index contributed by atoms with van der Waals surface area (Å²) in [6.07, 6.45) is 6.05. The highest BCUT2D eigenvalue weighted by atomic mass is 15.3. The second-order valence-electron chi connectivity index (χ2n) is 4.46. The number of aromatic nitrogens is 2. The molecule has 2 aromatic rings. The third kappa shape index (κ3) is 1.36. The minimum absolute atomic E-state index is 0.163. The summed E-state index contributed by atoms with van der Waals surface area (Å²) in [7, 11) is 0. The van der Waals surface area contributed by atoms with Crippen LogP contribution >= 0.6 is 0 Å². The van der Waals surface area contributed by atoms with Crippen LogP contribution in [-0.4, -0.2) is 9.78 Å². The van der Waals surface area contributed by atoms with Crippen LogP contribution < -0.4 is 5.73 Å². The minimum atomic E-state index is 0.163. The smallest absolute Gasteiger partial charge is 0.0696 e. The first kappa shape index (κ1) is 9.60. The predicted octanol–water partition coefficient (Wildman–Crippen LogP) is 2.13. The molecule has 2 N–H and O–H groups in total. The van der Waals surface area contributed by atoms with Crippen molar-refractivity contribution in [2.24, 2.45) is 5.73 Å². The lowest BCUT2D eigenvalue weighted by molar-refractivity contribution is 0.704. The molecule has 0 spiro atoms. The first-order chi connectivity index (χ1) is 7.75. The summed E-state index contributed by atoms with van der Waals surface area (Å²) >= 11 is 0. The normalized spacial score (nSPS) is 18.8. The number of aryl methyl sites for hydroxylation is 2. The van der Waals surface area contributed by atoms with E-state index in [0.717, 1.165) is 18.5 Å². The zero-order valence-electron chi connectivity index (χ0n) is 9.35. The molecule has 3 rings (SSSR count). The van der Waals surface area contributed by atoms with Crippen LogP contribution in [0.25, 0.3) is 5.69 Å². The summed E-state index contributed by atoms with van der Waals surface area (Å²) < 4.78 is 1.93.